The summed E-state index contributed by atoms with van der Waals surface area (Å²) in [5.74, 6) is 0.0463. The SMILES string of the molecule is Cc1cc(C)cc(-c2cccc(C(=O)c3c(C)cc(-n4c5ccccc5c5c4ccc4c6ccccc6n(-c6cc(C)c(C(=O)c7cccc(-c8cc(C)cc(C)c8)c7)c(C)c6)c45)cc3C)c2)c1. The molecule has 11 rings (SSSR count). The third kappa shape index (κ3) is 7.07. The number of para-hydroxylation sites is 2. The van der Waals surface area contributed by atoms with Crippen LogP contribution in [0, 0.1) is 55.4 Å². The van der Waals surface area contributed by atoms with Crippen molar-refractivity contribution in [2.75, 3.05) is 0 Å². The molecule has 0 unspecified atom stereocenters. The summed E-state index contributed by atoms with van der Waals surface area (Å²) >= 11 is 0. The van der Waals surface area contributed by atoms with E-state index in [0.717, 1.165) is 111 Å². The van der Waals surface area contributed by atoms with E-state index >= 15 is 0 Å². The fraction of sp³-hybridized carbons (Fsp3) is 0.125. The molecule has 0 bridgehead atoms. The number of nitrogens with zero attached hydrogens (tertiary/aromatic N) is 2. The second-order valence-electron chi connectivity index (χ2n) is 19.0. The van der Waals surface area contributed by atoms with E-state index in [-0.39, 0.29) is 11.6 Å². The minimum absolute atomic E-state index is 0.0228. The molecule has 0 spiro atoms. The van der Waals surface area contributed by atoms with Gasteiger partial charge in [0.05, 0.1) is 22.1 Å². The van der Waals surface area contributed by atoms with Crippen LogP contribution in [0.1, 0.15) is 76.4 Å². The van der Waals surface area contributed by atoms with Crippen LogP contribution in [0.15, 0.2) is 170 Å². The normalized spacial score (nSPS) is 11.6. The van der Waals surface area contributed by atoms with Gasteiger partial charge >= 0.3 is 0 Å². The summed E-state index contributed by atoms with van der Waals surface area (Å²) in [7, 11) is 0. The van der Waals surface area contributed by atoms with Gasteiger partial charge in [-0.2, -0.15) is 0 Å². The van der Waals surface area contributed by atoms with Crippen LogP contribution in [0.2, 0.25) is 0 Å². The van der Waals surface area contributed by atoms with Gasteiger partial charge in [0.25, 0.3) is 0 Å². The van der Waals surface area contributed by atoms with Crippen molar-refractivity contribution in [2.45, 2.75) is 55.4 Å². The van der Waals surface area contributed by atoms with Crippen LogP contribution >= 0.6 is 0 Å². The average Bonchev–Trinajstić information content (AvgIpc) is 3.83. The van der Waals surface area contributed by atoms with Crippen LogP contribution in [0.5, 0.6) is 0 Å². The van der Waals surface area contributed by atoms with E-state index in [2.05, 4.69) is 198 Å². The fourth-order valence-corrected chi connectivity index (χ4v) is 11.2. The van der Waals surface area contributed by atoms with Crippen molar-refractivity contribution in [1.82, 2.24) is 9.13 Å². The van der Waals surface area contributed by atoms with Crippen LogP contribution in [0.4, 0.5) is 0 Å². The maximum atomic E-state index is 14.5. The van der Waals surface area contributed by atoms with E-state index in [1.807, 2.05) is 36.4 Å². The largest absolute Gasteiger partial charge is 0.309 e. The maximum Gasteiger partial charge on any atom is 0.193 e. The number of aromatic nitrogens is 2. The van der Waals surface area contributed by atoms with E-state index in [4.69, 9.17) is 0 Å². The Labute approximate surface area is 397 Å². The molecule has 9 aromatic carbocycles. The summed E-state index contributed by atoms with van der Waals surface area (Å²) in [5.41, 5.74) is 22.0. The summed E-state index contributed by atoms with van der Waals surface area (Å²) in [6.07, 6.45) is 0. The number of hydrogen-bond acceptors (Lipinski definition) is 2. The second kappa shape index (κ2) is 16.4. The minimum Gasteiger partial charge on any atom is -0.309 e. The molecule has 4 heteroatoms. The van der Waals surface area contributed by atoms with E-state index in [1.165, 1.54) is 22.3 Å². The molecule has 4 nitrogen and oxygen atoms in total. The van der Waals surface area contributed by atoms with Gasteiger partial charge in [-0.15, -0.1) is 0 Å². The van der Waals surface area contributed by atoms with E-state index in [1.54, 1.807) is 0 Å². The smallest absolute Gasteiger partial charge is 0.193 e. The van der Waals surface area contributed by atoms with Gasteiger partial charge in [-0.3, -0.25) is 9.59 Å². The van der Waals surface area contributed by atoms with Crippen molar-refractivity contribution in [1.29, 1.82) is 0 Å². The molecule has 0 aliphatic heterocycles. The molecule has 2 heterocycles. The zero-order valence-electron chi connectivity index (χ0n) is 39.9. The lowest BCUT2D eigenvalue weighted by molar-refractivity contribution is 0.103. The third-order valence-electron chi connectivity index (χ3n) is 13.8. The summed E-state index contributed by atoms with van der Waals surface area (Å²) in [5, 5.41) is 4.61. The van der Waals surface area contributed by atoms with E-state index in [9.17, 15) is 9.59 Å². The van der Waals surface area contributed by atoms with Gasteiger partial charge in [0, 0.05) is 55.2 Å². The summed E-state index contributed by atoms with van der Waals surface area (Å²) in [6.45, 7) is 16.7. The van der Waals surface area contributed by atoms with Crippen molar-refractivity contribution in [3.8, 4) is 33.6 Å². The van der Waals surface area contributed by atoms with Crippen LogP contribution in [-0.4, -0.2) is 20.7 Å². The predicted octanol–water partition coefficient (Wildman–Crippen LogP) is 16.1. The minimum atomic E-state index is 0.0228. The van der Waals surface area contributed by atoms with Crippen LogP contribution in [0.3, 0.4) is 0 Å². The number of fused-ring (bicyclic) bond motifs is 7. The zero-order chi connectivity index (χ0) is 47.1. The number of aryl methyl sites for hydroxylation is 8. The van der Waals surface area contributed by atoms with Crippen molar-refractivity contribution in [2.24, 2.45) is 0 Å². The second-order valence-corrected chi connectivity index (χ2v) is 19.0. The molecule has 0 amide bonds. The van der Waals surface area contributed by atoms with Crippen LogP contribution < -0.4 is 0 Å². The number of ketones is 2. The van der Waals surface area contributed by atoms with Crippen molar-refractivity contribution in [3.63, 3.8) is 0 Å². The zero-order valence-corrected chi connectivity index (χ0v) is 39.9. The van der Waals surface area contributed by atoms with Crippen LogP contribution in [-0.2, 0) is 0 Å². The molecule has 330 valence electrons. The first-order valence-corrected chi connectivity index (χ1v) is 23.5. The summed E-state index contributed by atoms with van der Waals surface area (Å²) in [6, 6.07) is 59.6. The lowest BCUT2D eigenvalue weighted by atomic mass is 9.92. The molecule has 0 atom stereocenters. The van der Waals surface area contributed by atoms with Gasteiger partial charge in [0.2, 0.25) is 0 Å². The Balaban J connectivity index is 1.04. The molecule has 0 fully saturated rings. The highest BCUT2D eigenvalue weighted by Crippen LogP contribution is 2.43. The Morgan fingerprint density at radius 1 is 0.338 bits per heavy atom. The maximum absolute atomic E-state index is 14.5. The van der Waals surface area contributed by atoms with Crippen molar-refractivity contribution in [3.05, 3.63) is 237 Å². The molecule has 0 saturated heterocycles. The van der Waals surface area contributed by atoms with Gasteiger partial charge in [0.1, 0.15) is 0 Å². The third-order valence-corrected chi connectivity index (χ3v) is 13.8. The molecule has 68 heavy (non-hydrogen) atoms. The monoisotopic (exact) mass is 880 g/mol. The van der Waals surface area contributed by atoms with Gasteiger partial charge in [0.15, 0.2) is 11.6 Å². The summed E-state index contributed by atoms with van der Waals surface area (Å²) in [4.78, 5) is 29.0. The number of carbonyl (C=O) groups is 2. The Bertz CT molecular complexity index is 3840. The van der Waals surface area contributed by atoms with Gasteiger partial charge in [-0.25, -0.2) is 0 Å². The number of hydrogen-bond donors (Lipinski definition) is 0. The van der Waals surface area contributed by atoms with Crippen molar-refractivity contribution >= 4 is 55.2 Å². The standard InChI is InChI=1S/C64H52N2O2/c1-37-25-38(2)28-49(27-37)45-15-13-17-47(35-45)63(67)59-41(5)31-51(32-42(59)6)65-57-22-12-10-20-55(57)61-58(65)24-23-54-53-19-9-11-21-56(53)66(62(54)61)52-33-43(7)60(44(8)34-52)64(68)48-18-14-16-46(36-48)50-29-39(3)26-40(4)30-50/h9-36H,1-8H3. The highest BCUT2D eigenvalue weighted by atomic mass is 16.1. The Kier molecular flexibility index (Phi) is 10.2. The Hall–Kier alpha value is -8.08. The Morgan fingerprint density at radius 3 is 1.25 bits per heavy atom. The lowest BCUT2D eigenvalue weighted by Gasteiger charge is -2.16. The molecule has 0 saturated carbocycles. The van der Waals surface area contributed by atoms with Crippen molar-refractivity contribution < 1.29 is 9.59 Å². The first-order chi connectivity index (χ1) is 32.8. The molecular formula is C64H52N2O2. The highest BCUT2D eigenvalue weighted by Gasteiger charge is 2.24. The molecule has 2 aromatic heterocycles. The van der Waals surface area contributed by atoms with Gasteiger partial charge in [-0.1, -0.05) is 138 Å². The summed E-state index contributed by atoms with van der Waals surface area (Å²) < 4.78 is 4.74. The molecule has 11 aromatic rings. The first-order valence-electron chi connectivity index (χ1n) is 23.5. The van der Waals surface area contributed by atoms with Crippen LogP contribution in [0.25, 0.3) is 77.2 Å². The average molecular weight is 881 g/mol. The molecule has 0 aliphatic rings. The number of benzene rings is 9. The number of carbonyl (C=O) groups excluding carboxylic acids is 2. The predicted molar refractivity (Wildman–Crippen MR) is 284 cm³/mol. The molecule has 0 aliphatic carbocycles. The number of rotatable bonds is 8. The fourth-order valence-electron chi connectivity index (χ4n) is 11.2. The van der Waals surface area contributed by atoms with E-state index < -0.39 is 0 Å². The topological polar surface area (TPSA) is 44.0 Å². The van der Waals surface area contributed by atoms with Gasteiger partial charge in [-0.05, 0) is 154 Å². The van der Waals surface area contributed by atoms with Gasteiger partial charge < -0.3 is 9.13 Å². The quantitative estimate of drug-likeness (QED) is 0.143. The highest BCUT2D eigenvalue weighted by molar-refractivity contribution is 6.26. The molecular weight excluding hydrogens is 829 g/mol. The molecule has 0 radical (unpaired) electrons. The lowest BCUT2D eigenvalue weighted by Crippen LogP contribution is -2.08. The Morgan fingerprint density at radius 2 is 0.765 bits per heavy atom. The van der Waals surface area contributed by atoms with E-state index in [0.29, 0.717) is 11.1 Å². The molecule has 0 N–H and O–H groups in total. The first kappa shape index (κ1) is 42.5.